The summed E-state index contributed by atoms with van der Waals surface area (Å²) in [4.78, 5) is 23.8. The van der Waals surface area contributed by atoms with Crippen LogP contribution in [-0.2, 0) is 0 Å². The predicted octanol–water partition coefficient (Wildman–Crippen LogP) is 5.57. The highest BCUT2D eigenvalue weighted by Crippen LogP contribution is 2.43. The number of nitrogen functional groups attached to an aromatic ring is 1. The van der Waals surface area contributed by atoms with E-state index in [-0.39, 0.29) is 22.8 Å². The quantitative estimate of drug-likeness (QED) is 0.339. The van der Waals surface area contributed by atoms with Gasteiger partial charge in [-0.1, -0.05) is 17.4 Å². The number of rotatable bonds is 5. The van der Waals surface area contributed by atoms with Gasteiger partial charge < -0.3 is 15.4 Å². The summed E-state index contributed by atoms with van der Waals surface area (Å²) in [5.74, 6) is 1.60. The number of fused-ring (bicyclic) bond motifs is 5. The number of aryl methyl sites for hydroxylation is 1. The van der Waals surface area contributed by atoms with E-state index >= 15 is 4.39 Å². The third kappa shape index (κ3) is 3.86. The first-order chi connectivity index (χ1) is 19.5. The second-order valence-corrected chi connectivity index (χ2v) is 13.4. The van der Waals surface area contributed by atoms with Crippen molar-refractivity contribution < 1.29 is 9.13 Å². The van der Waals surface area contributed by atoms with E-state index in [1.165, 1.54) is 43.4 Å². The summed E-state index contributed by atoms with van der Waals surface area (Å²) in [7, 11) is 0. The Labute approximate surface area is 236 Å². The van der Waals surface area contributed by atoms with E-state index in [1.807, 2.05) is 19.1 Å². The Kier molecular flexibility index (Phi) is 5.68. The van der Waals surface area contributed by atoms with Crippen LogP contribution in [0.4, 0.5) is 15.3 Å². The Morgan fingerprint density at radius 1 is 1.07 bits per heavy atom. The predicted molar refractivity (Wildman–Crippen MR) is 156 cm³/mol. The first kappa shape index (κ1) is 24.7. The number of ether oxygens (including phenoxy) is 1. The van der Waals surface area contributed by atoms with Crippen LogP contribution in [-0.4, -0.2) is 63.2 Å². The van der Waals surface area contributed by atoms with Gasteiger partial charge in [-0.05, 0) is 88.4 Å². The van der Waals surface area contributed by atoms with Crippen LogP contribution in [0.1, 0.15) is 50.5 Å². The maximum absolute atomic E-state index is 16.6. The molecule has 2 unspecified atom stereocenters. The molecule has 40 heavy (non-hydrogen) atoms. The molecule has 208 valence electrons. The van der Waals surface area contributed by atoms with Gasteiger partial charge in [0.1, 0.15) is 23.6 Å². The number of thiazole rings is 1. The Balaban J connectivity index is 1.26. The summed E-state index contributed by atoms with van der Waals surface area (Å²) in [6.45, 7) is 6.60. The van der Waals surface area contributed by atoms with Crippen molar-refractivity contribution >= 4 is 43.4 Å². The number of nitrogens with two attached hydrogens (primary N) is 1. The second-order valence-electron chi connectivity index (χ2n) is 12.3. The molecule has 1 saturated carbocycles. The van der Waals surface area contributed by atoms with Gasteiger partial charge >= 0.3 is 6.01 Å². The topological polar surface area (TPSA) is 93.3 Å². The lowest BCUT2D eigenvalue weighted by atomic mass is 9.95. The molecule has 1 aromatic carbocycles. The molecule has 0 amide bonds. The molecule has 8 rings (SSSR count). The number of benzene rings is 1. The van der Waals surface area contributed by atoms with Gasteiger partial charge in [0.25, 0.3) is 0 Å². The van der Waals surface area contributed by atoms with Gasteiger partial charge in [-0.25, -0.2) is 9.37 Å². The molecule has 4 aromatic rings. The zero-order valence-corrected chi connectivity index (χ0v) is 23.6. The summed E-state index contributed by atoms with van der Waals surface area (Å²) in [6.07, 6.45) is 10.2. The highest BCUT2D eigenvalue weighted by molar-refractivity contribution is 7.22. The van der Waals surface area contributed by atoms with Gasteiger partial charge in [-0.2, -0.15) is 9.97 Å². The zero-order chi connectivity index (χ0) is 27.0. The van der Waals surface area contributed by atoms with Gasteiger partial charge in [0, 0.05) is 24.8 Å². The minimum absolute atomic E-state index is 0.0575. The smallest absolute Gasteiger partial charge is 0.319 e. The Hall–Kier alpha value is -3.11. The van der Waals surface area contributed by atoms with E-state index in [4.69, 9.17) is 20.4 Å². The maximum atomic E-state index is 16.6. The molecular formula is C30H34FN7OS. The number of nitrogens with zero attached hydrogens (tertiary/aromatic N) is 6. The first-order valence-corrected chi connectivity index (χ1v) is 15.4. The summed E-state index contributed by atoms with van der Waals surface area (Å²) < 4.78 is 23.9. The van der Waals surface area contributed by atoms with Crippen LogP contribution in [0.25, 0.3) is 32.4 Å². The molecule has 6 heterocycles. The second kappa shape index (κ2) is 9.21. The summed E-state index contributed by atoms with van der Waals surface area (Å²) >= 11 is 1.39. The normalized spacial score (nSPS) is 23.9. The monoisotopic (exact) mass is 559 g/mol. The fourth-order valence-corrected chi connectivity index (χ4v) is 8.70. The lowest BCUT2D eigenvalue weighted by Crippen LogP contribution is -2.43. The number of hydrogen-bond acceptors (Lipinski definition) is 9. The third-order valence-corrected chi connectivity index (χ3v) is 10.7. The van der Waals surface area contributed by atoms with E-state index in [2.05, 4.69) is 19.8 Å². The molecule has 3 saturated heterocycles. The van der Waals surface area contributed by atoms with Crippen LogP contribution in [0.2, 0.25) is 0 Å². The standard InChI is InChI=1S/C30H34FN7OS/c1-17-4-7-21-25(34-28(32)40-21)22(17)26-23(31)24-20(13-33-26)27(37-14-18-5-6-19(12-18)15-37)36-29(35-24)39-16-30-8-2-10-38(30)11-3-9-30/h4,7,13,18-19H,2-3,5-6,8-12,14-16H2,1H3,(H2,32,34). The maximum Gasteiger partial charge on any atom is 0.319 e. The summed E-state index contributed by atoms with van der Waals surface area (Å²) in [5.41, 5.74) is 8.82. The fourth-order valence-electron chi connectivity index (χ4n) is 7.95. The lowest BCUT2D eigenvalue weighted by Gasteiger charge is -2.34. The van der Waals surface area contributed by atoms with Crippen molar-refractivity contribution in [1.29, 1.82) is 0 Å². The molecule has 3 aromatic heterocycles. The van der Waals surface area contributed by atoms with Crippen molar-refractivity contribution in [2.45, 2.75) is 57.4 Å². The minimum atomic E-state index is -0.463. The molecule has 0 radical (unpaired) electrons. The zero-order valence-electron chi connectivity index (χ0n) is 22.8. The van der Waals surface area contributed by atoms with Gasteiger partial charge in [0.05, 0.1) is 21.1 Å². The van der Waals surface area contributed by atoms with Crippen LogP contribution in [0, 0.1) is 24.6 Å². The van der Waals surface area contributed by atoms with E-state index in [9.17, 15) is 0 Å². The van der Waals surface area contributed by atoms with Crippen molar-refractivity contribution in [3.8, 4) is 17.3 Å². The minimum Gasteiger partial charge on any atom is -0.461 e. The molecule has 3 aliphatic heterocycles. The molecule has 2 atom stereocenters. The van der Waals surface area contributed by atoms with Crippen LogP contribution in [0.5, 0.6) is 6.01 Å². The van der Waals surface area contributed by atoms with Gasteiger partial charge in [0.2, 0.25) is 0 Å². The number of piperidine rings is 1. The van der Waals surface area contributed by atoms with E-state index < -0.39 is 5.82 Å². The van der Waals surface area contributed by atoms with Crippen LogP contribution in [0.15, 0.2) is 18.3 Å². The Bertz CT molecular complexity index is 1620. The van der Waals surface area contributed by atoms with E-state index in [1.54, 1.807) is 6.20 Å². The molecule has 4 aliphatic rings. The van der Waals surface area contributed by atoms with Crippen molar-refractivity contribution in [2.24, 2.45) is 11.8 Å². The molecule has 0 spiro atoms. The average Bonchev–Trinajstić information content (AvgIpc) is 3.71. The van der Waals surface area contributed by atoms with Crippen LogP contribution >= 0.6 is 11.3 Å². The average molecular weight is 560 g/mol. The van der Waals surface area contributed by atoms with Crippen molar-refractivity contribution in [3.63, 3.8) is 0 Å². The fraction of sp³-hybridized carbons (Fsp3) is 0.533. The van der Waals surface area contributed by atoms with Crippen LogP contribution in [0.3, 0.4) is 0 Å². The molecule has 2 bridgehead atoms. The molecule has 4 fully saturated rings. The molecule has 1 aliphatic carbocycles. The number of hydrogen-bond donors (Lipinski definition) is 1. The highest BCUT2D eigenvalue weighted by Gasteiger charge is 2.45. The van der Waals surface area contributed by atoms with E-state index in [0.717, 1.165) is 55.1 Å². The van der Waals surface area contributed by atoms with Gasteiger partial charge in [-0.15, -0.1) is 0 Å². The summed E-state index contributed by atoms with van der Waals surface area (Å²) in [6, 6.07) is 4.21. The molecule has 2 N–H and O–H groups in total. The van der Waals surface area contributed by atoms with E-state index in [0.29, 0.717) is 40.0 Å². The van der Waals surface area contributed by atoms with Crippen molar-refractivity contribution in [1.82, 2.24) is 24.8 Å². The number of anilines is 2. The largest absolute Gasteiger partial charge is 0.461 e. The first-order valence-electron chi connectivity index (χ1n) is 14.6. The summed E-state index contributed by atoms with van der Waals surface area (Å²) in [5, 5.41) is 1.09. The molecule has 10 heteroatoms. The number of pyridine rings is 1. The molecular weight excluding hydrogens is 525 g/mol. The van der Waals surface area contributed by atoms with Gasteiger partial charge in [0.15, 0.2) is 10.9 Å². The Morgan fingerprint density at radius 2 is 1.85 bits per heavy atom. The lowest BCUT2D eigenvalue weighted by molar-refractivity contribution is 0.108. The van der Waals surface area contributed by atoms with Crippen LogP contribution < -0.4 is 15.4 Å². The van der Waals surface area contributed by atoms with Gasteiger partial charge in [-0.3, -0.25) is 9.88 Å². The Morgan fingerprint density at radius 3 is 2.62 bits per heavy atom. The number of halogens is 1. The molecule has 8 nitrogen and oxygen atoms in total. The highest BCUT2D eigenvalue weighted by atomic mass is 32.1. The van der Waals surface area contributed by atoms with Crippen molar-refractivity contribution in [3.05, 3.63) is 29.7 Å². The number of aromatic nitrogens is 4. The SMILES string of the molecule is Cc1ccc2sc(N)nc2c1-c1ncc2c(N3CC4CCC(C4)C3)nc(OCC34CCCN3CCC4)nc2c1F. The third-order valence-electron chi connectivity index (χ3n) is 9.85. The van der Waals surface area contributed by atoms with Crippen molar-refractivity contribution in [2.75, 3.05) is 43.4 Å².